The molecule has 3 amide bonds. The summed E-state index contributed by atoms with van der Waals surface area (Å²) >= 11 is 6.10. The van der Waals surface area contributed by atoms with Crippen molar-refractivity contribution in [3.05, 3.63) is 70.7 Å². The van der Waals surface area contributed by atoms with Gasteiger partial charge < -0.3 is 20.9 Å². The number of carbonyl (C=O) groups excluding carboxylic acids is 3. The maximum Gasteiger partial charge on any atom is 0.245 e. The molecule has 2 aromatic rings. The van der Waals surface area contributed by atoms with Gasteiger partial charge in [-0.1, -0.05) is 67.9 Å². The molecule has 0 bridgehead atoms. The summed E-state index contributed by atoms with van der Waals surface area (Å²) in [5, 5.41) is 3.65. The van der Waals surface area contributed by atoms with Gasteiger partial charge in [-0.05, 0) is 54.9 Å². The molecule has 0 saturated carbocycles. The fourth-order valence-electron chi connectivity index (χ4n) is 6.50. The third-order valence-electron chi connectivity index (χ3n) is 8.82. The highest BCUT2D eigenvalue weighted by Crippen LogP contribution is 2.26. The van der Waals surface area contributed by atoms with Crippen LogP contribution in [0.3, 0.4) is 0 Å². The van der Waals surface area contributed by atoms with Gasteiger partial charge >= 0.3 is 0 Å². The van der Waals surface area contributed by atoms with Crippen LogP contribution in [0.25, 0.3) is 0 Å². The lowest BCUT2D eigenvalue weighted by atomic mass is 9.94. The molecular weight excluding hydrogens is 562 g/mol. The van der Waals surface area contributed by atoms with E-state index in [1.165, 1.54) is 0 Å². The molecule has 3 N–H and O–H groups in total. The van der Waals surface area contributed by atoms with Crippen LogP contribution in [0.2, 0.25) is 5.02 Å². The molecule has 0 spiro atoms. The molecule has 4 rings (SSSR count). The highest BCUT2D eigenvalue weighted by molar-refractivity contribution is 6.30. The highest BCUT2D eigenvalue weighted by atomic mass is 35.5. The fraction of sp³-hybridized carbons (Fsp3) is 0.559. The van der Waals surface area contributed by atoms with Crippen LogP contribution in [0.1, 0.15) is 70.0 Å². The lowest BCUT2D eigenvalue weighted by molar-refractivity contribution is -0.138. The summed E-state index contributed by atoms with van der Waals surface area (Å²) in [7, 11) is 0. The van der Waals surface area contributed by atoms with E-state index in [2.05, 4.69) is 24.1 Å². The van der Waals surface area contributed by atoms with Gasteiger partial charge in [-0.15, -0.1) is 0 Å². The Labute approximate surface area is 261 Å². The van der Waals surface area contributed by atoms with Crippen molar-refractivity contribution in [3.63, 3.8) is 0 Å². The van der Waals surface area contributed by atoms with E-state index in [-0.39, 0.29) is 24.1 Å². The molecule has 234 valence electrons. The Bertz CT molecular complexity index is 1190. The predicted octanol–water partition coefficient (Wildman–Crippen LogP) is 4.42. The third-order valence-corrected chi connectivity index (χ3v) is 9.07. The molecule has 0 radical (unpaired) electrons. The molecule has 0 aromatic heterocycles. The average Bonchev–Trinajstić information content (AvgIpc) is 3.00. The Morgan fingerprint density at radius 3 is 2.00 bits per heavy atom. The number of nitrogens with two attached hydrogens (primary N) is 1. The largest absolute Gasteiger partial charge is 0.344 e. The zero-order valence-electron chi connectivity index (χ0n) is 25.9. The molecule has 9 heteroatoms. The Kier molecular flexibility index (Phi) is 12.0. The zero-order valence-corrected chi connectivity index (χ0v) is 26.6. The fourth-order valence-corrected chi connectivity index (χ4v) is 6.62. The molecule has 1 unspecified atom stereocenters. The van der Waals surface area contributed by atoms with Crippen molar-refractivity contribution in [2.75, 3.05) is 32.7 Å². The van der Waals surface area contributed by atoms with E-state index in [1.54, 1.807) is 19.1 Å². The normalized spacial score (nSPS) is 18.1. The highest BCUT2D eigenvalue weighted by Gasteiger charge is 2.35. The number of hydrogen-bond donors (Lipinski definition) is 2. The summed E-state index contributed by atoms with van der Waals surface area (Å²) < 4.78 is 0. The Morgan fingerprint density at radius 1 is 0.907 bits per heavy atom. The first-order chi connectivity index (χ1) is 20.6. The summed E-state index contributed by atoms with van der Waals surface area (Å²) in [6, 6.07) is 16.7. The summed E-state index contributed by atoms with van der Waals surface area (Å²) in [5.41, 5.74) is 8.15. The average molecular weight is 610 g/mol. The lowest BCUT2D eigenvalue weighted by Crippen LogP contribution is -2.56. The molecule has 2 aliphatic rings. The maximum atomic E-state index is 13.9. The Hall–Kier alpha value is -2.94. The van der Waals surface area contributed by atoms with Crippen LogP contribution in [-0.4, -0.2) is 83.3 Å². The quantitative estimate of drug-likeness (QED) is 0.393. The van der Waals surface area contributed by atoms with Crippen LogP contribution in [0.4, 0.5) is 0 Å². The number of nitrogens with one attached hydrogen (secondary N) is 1. The second kappa shape index (κ2) is 15.7. The van der Waals surface area contributed by atoms with Crippen LogP contribution in [-0.2, 0) is 20.8 Å². The molecule has 2 saturated heterocycles. The smallest absolute Gasteiger partial charge is 0.245 e. The number of benzene rings is 2. The third kappa shape index (κ3) is 9.52. The Morgan fingerprint density at radius 2 is 1.47 bits per heavy atom. The minimum Gasteiger partial charge on any atom is -0.344 e. The first-order valence-corrected chi connectivity index (χ1v) is 16.1. The monoisotopic (exact) mass is 609 g/mol. The molecule has 43 heavy (non-hydrogen) atoms. The predicted molar refractivity (Wildman–Crippen MR) is 171 cm³/mol. The van der Waals surface area contributed by atoms with Crippen molar-refractivity contribution < 1.29 is 14.4 Å². The van der Waals surface area contributed by atoms with Gasteiger partial charge in [-0.2, -0.15) is 0 Å². The van der Waals surface area contributed by atoms with Crippen LogP contribution in [0.15, 0.2) is 54.6 Å². The van der Waals surface area contributed by atoms with Crippen molar-refractivity contribution >= 4 is 29.3 Å². The second-order valence-corrected chi connectivity index (χ2v) is 13.0. The standard InChI is InChI=1S/C34H48ClN5O3/c1-24(2)23-40(29-13-17-38(18-14-29)25(3)41)30-15-19-39(20-16-30)34(43)32(21-26-9-11-28(35)12-10-26)37-33(42)22-31(36)27-7-5-4-6-8-27/h4-12,24,29-32H,13-23,36H2,1-3H3,(H,37,42)/t31?,32-/m1/s1. The lowest BCUT2D eigenvalue weighted by Gasteiger charge is -2.46. The topological polar surface area (TPSA) is 99.0 Å². The number of rotatable bonds is 11. The van der Waals surface area contributed by atoms with Crippen molar-refractivity contribution in [1.82, 2.24) is 20.0 Å². The number of nitrogens with zero attached hydrogens (tertiary/aromatic N) is 3. The van der Waals surface area contributed by atoms with Gasteiger partial charge in [0.2, 0.25) is 17.7 Å². The summed E-state index contributed by atoms with van der Waals surface area (Å²) in [6.07, 6.45) is 4.26. The van der Waals surface area contributed by atoms with Crippen molar-refractivity contribution in [3.8, 4) is 0 Å². The summed E-state index contributed by atoms with van der Waals surface area (Å²) in [6.45, 7) is 10.1. The van der Waals surface area contributed by atoms with E-state index in [0.717, 1.165) is 56.4 Å². The van der Waals surface area contributed by atoms with Gasteiger partial charge in [0.05, 0.1) is 0 Å². The van der Waals surface area contributed by atoms with Crippen molar-refractivity contribution in [2.45, 2.75) is 83.5 Å². The van der Waals surface area contributed by atoms with Gasteiger partial charge in [0.1, 0.15) is 6.04 Å². The number of piperidine rings is 2. The molecule has 0 aliphatic carbocycles. The minimum absolute atomic E-state index is 0.0554. The van der Waals surface area contributed by atoms with E-state index < -0.39 is 12.1 Å². The van der Waals surface area contributed by atoms with Crippen LogP contribution in [0, 0.1) is 5.92 Å². The number of hydrogen-bond acceptors (Lipinski definition) is 5. The Balaban J connectivity index is 1.40. The number of carbonyl (C=O) groups is 3. The first kappa shape index (κ1) is 33.0. The van der Waals surface area contributed by atoms with Crippen LogP contribution < -0.4 is 11.1 Å². The maximum absolute atomic E-state index is 13.9. The number of halogens is 1. The van der Waals surface area contributed by atoms with Gasteiger partial charge in [-0.3, -0.25) is 19.3 Å². The van der Waals surface area contributed by atoms with E-state index >= 15 is 0 Å². The first-order valence-electron chi connectivity index (χ1n) is 15.7. The van der Waals surface area contributed by atoms with E-state index in [4.69, 9.17) is 17.3 Å². The molecule has 2 heterocycles. The summed E-state index contributed by atoms with van der Waals surface area (Å²) in [5.74, 6) is 0.397. The van der Waals surface area contributed by atoms with Gasteiger partial charge in [-0.25, -0.2) is 0 Å². The number of likely N-dealkylation sites (tertiary alicyclic amines) is 2. The van der Waals surface area contributed by atoms with Crippen molar-refractivity contribution in [2.24, 2.45) is 11.7 Å². The van der Waals surface area contributed by atoms with Crippen LogP contribution in [0.5, 0.6) is 0 Å². The molecular formula is C34H48ClN5O3. The minimum atomic E-state index is -0.684. The molecule has 2 aromatic carbocycles. The zero-order chi connectivity index (χ0) is 30.9. The molecule has 8 nitrogen and oxygen atoms in total. The van der Waals surface area contributed by atoms with Gasteiger partial charge in [0.15, 0.2) is 0 Å². The van der Waals surface area contributed by atoms with Gasteiger partial charge in [0.25, 0.3) is 0 Å². The van der Waals surface area contributed by atoms with E-state index in [0.29, 0.717) is 42.5 Å². The van der Waals surface area contributed by atoms with Crippen LogP contribution >= 0.6 is 11.6 Å². The SMILES string of the molecule is CC(=O)N1CCC(N(CC(C)C)C2CCN(C(=O)[C@@H](Cc3ccc(Cl)cc3)NC(=O)CC(N)c3ccccc3)CC2)CC1. The van der Waals surface area contributed by atoms with E-state index in [9.17, 15) is 14.4 Å². The second-order valence-electron chi connectivity index (χ2n) is 12.6. The molecule has 2 aliphatic heterocycles. The summed E-state index contributed by atoms with van der Waals surface area (Å²) in [4.78, 5) is 45.4. The van der Waals surface area contributed by atoms with Gasteiger partial charge in [0, 0.05) is 75.6 Å². The molecule has 2 atom stereocenters. The molecule has 2 fully saturated rings. The van der Waals surface area contributed by atoms with E-state index in [1.807, 2.05) is 52.3 Å². The van der Waals surface area contributed by atoms with Crippen molar-refractivity contribution in [1.29, 1.82) is 0 Å². The number of amides is 3.